The van der Waals surface area contributed by atoms with E-state index >= 15 is 0 Å². The number of fused-ring (bicyclic) bond motifs is 2. The van der Waals surface area contributed by atoms with Crippen molar-refractivity contribution >= 4 is 17.3 Å². The number of rotatable bonds is 0. The molecule has 4 aliphatic carbocycles. The van der Waals surface area contributed by atoms with Crippen LogP contribution in [-0.4, -0.2) is 33.2 Å². The van der Waals surface area contributed by atoms with Crippen LogP contribution in [0.2, 0.25) is 0 Å². The van der Waals surface area contributed by atoms with Crippen LogP contribution in [0.25, 0.3) is 0 Å². The fourth-order valence-corrected chi connectivity index (χ4v) is 3.55. The number of carbonyl (C=O) groups is 3. The number of ketones is 3. The number of phenols is 1. The monoisotopic (exact) mass is 322 g/mol. The van der Waals surface area contributed by atoms with Crippen LogP contribution < -0.4 is 0 Å². The molecule has 120 valence electrons. The number of aliphatic hydroxyl groups is 1. The summed E-state index contributed by atoms with van der Waals surface area (Å²) in [6.07, 6.45) is -0.0320. The Labute approximate surface area is 137 Å². The molecule has 5 heteroatoms. The molecule has 0 amide bonds. The second-order valence-corrected chi connectivity index (χ2v) is 6.70. The highest BCUT2D eigenvalue weighted by atomic mass is 16.3. The summed E-state index contributed by atoms with van der Waals surface area (Å²) in [6, 6.07) is 7.53. The van der Waals surface area contributed by atoms with E-state index in [2.05, 4.69) is 0 Å². The molecule has 4 aliphatic rings. The van der Waals surface area contributed by atoms with Gasteiger partial charge in [0.25, 0.3) is 0 Å². The van der Waals surface area contributed by atoms with Crippen molar-refractivity contribution in [1.29, 1.82) is 0 Å². The van der Waals surface area contributed by atoms with Crippen molar-refractivity contribution in [2.75, 3.05) is 0 Å². The fraction of sp³-hybridized carbons (Fsp3) is 0.211. The van der Waals surface area contributed by atoms with Crippen LogP contribution in [0, 0.1) is 0 Å². The van der Waals surface area contributed by atoms with E-state index in [-0.39, 0.29) is 46.4 Å². The highest BCUT2D eigenvalue weighted by Crippen LogP contribution is 2.37. The van der Waals surface area contributed by atoms with E-state index in [1.54, 1.807) is 18.2 Å². The quantitative estimate of drug-likeness (QED) is 0.661. The number of phenolic OH excluding ortho intramolecular Hbond substituents is 1. The Morgan fingerprint density at radius 2 is 1.54 bits per heavy atom. The maximum atomic E-state index is 12.7. The number of hydrogen-bond acceptors (Lipinski definition) is 5. The van der Waals surface area contributed by atoms with E-state index in [1.165, 1.54) is 19.1 Å². The molecule has 0 aromatic heterocycles. The van der Waals surface area contributed by atoms with Gasteiger partial charge in [0, 0.05) is 29.5 Å². The van der Waals surface area contributed by atoms with E-state index in [9.17, 15) is 24.6 Å². The Kier molecular flexibility index (Phi) is 2.84. The van der Waals surface area contributed by atoms with Gasteiger partial charge in [-0.3, -0.25) is 14.4 Å². The molecule has 0 heterocycles. The van der Waals surface area contributed by atoms with Gasteiger partial charge in [0.1, 0.15) is 5.75 Å². The van der Waals surface area contributed by atoms with Gasteiger partial charge in [-0.25, -0.2) is 0 Å². The summed E-state index contributed by atoms with van der Waals surface area (Å²) in [5.74, 6) is -1.79. The van der Waals surface area contributed by atoms with Crippen molar-refractivity contribution in [2.24, 2.45) is 0 Å². The molecular weight excluding hydrogens is 308 g/mol. The predicted octanol–water partition coefficient (Wildman–Crippen LogP) is 2.05. The van der Waals surface area contributed by atoms with E-state index in [0.29, 0.717) is 5.56 Å². The summed E-state index contributed by atoms with van der Waals surface area (Å²) >= 11 is 0. The summed E-state index contributed by atoms with van der Waals surface area (Å²) in [5, 5.41) is 21.0. The lowest BCUT2D eigenvalue weighted by molar-refractivity contribution is 0.0457. The van der Waals surface area contributed by atoms with Crippen LogP contribution in [0.15, 0.2) is 30.3 Å². The average Bonchev–Trinajstić information content (AvgIpc) is 2.50. The fourth-order valence-electron chi connectivity index (χ4n) is 3.55. The van der Waals surface area contributed by atoms with Crippen molar-refractivity contribution in [2.45, 2.75) is 25.4 Å². The predicted molar refractivity (Wildman–Crippen MR) is 84.7 cm³/mol. The zero-order chi connectivity index (χ0) is 17.2. The minimum atomic E-state index is -1.33. The molecule has 0 unspecified atom stereocenters. The molecule has 2 aromatic carbocycles. The first-order valence-corrected chi connectivity index (χ1v) is 7.62. The van der Waals surface area contributed by atoms with Crippen molar-refractivity contribution in [3.63, 3.8) is 0 Å². The Hall–Kier alpha value is -2.79. The molecule has 0 fully saturated rings. The van der Waals surface area contributed by atoms with E-state index < -0.39 is 22.9 Å². The van der Waals surface area contributed by atoms with Gasteiger partial charge in [-0.1, -0.05) is 12.1 Å². The molecule has 24 heavy (non-hydrogen) atoms. The van der Waals surface area contributed by atoms with Crippen LogP contribution in [0.4, 0.5) is 0 Å². The van der Waals surface area contributed by atoms with Crippen molar-refractivity contribution in [1.82, 2.24) is 0 Å². The van der Waals surface area contributed by atoms with E-state index in [4.69, 9.17) is 0 Å². The lowest BCUT2D eigenvalue weighted by atomic mass is 9.78. The van der Waals surface area contributed by atoms with Gasteiger partial charge in [-0.05, 0) is 30.7 Å². The van der Waals surface area contributed by atoms with Crippen LogP contribution >= 0.6 is 0 Å². The minimum Gasteiger partial charge on any atom is -0.506 e. The van der Waals surface area contributed by atoms with Crippen molar-refractivity contribution in [3.05, 3.63) is 63.7 Å². The number of hydrogen-bond donors (Lipinski definition) is 2. The third-order valence-corrected chi connectivity index (χ3v) is 4.65. The second kappa shape index (κ2) is 4.61. The van der Waals surface area contributed by atoms with E-state index in [1.807, 2.05) is 0 Å². The lowest BCUT2D eigenvalue weighted by Crippen LogP contribution is -2.32. The highest BCUT2D eigenvalue weighted by Gasteiger charge is 2.36. The van der Waals surface area contributed by atoms with Crippen LogP contribution in [0.5, 0.6) is 5.75 Å². The first-order valence-electron chi connectivity index (χ1n) is 7.62. The summed E-state index contributed by atoms with van der Waals surface area (Å²) < 4.78 is 0. The van der Waals surface area contributed by atoms with Gasteiger partial charge in [0.15, 0.2) is 17.3 Å². The van der Waals surface area contributed by atoms with Gasteiger partial charge in [0.2, 0.25) is 0 Å². The number of carbonyl (C=O) groups excluding carboxylic acids is 3. The third-order valence-electron chi connectivity index (χ3n) is 4.65. The second-order valence-electron chi connectivity index (χ2n) is 6.70. The maximum absolute atomic E-state index is 12.7. The van der Waals surface area contributed by atoms with Crippen molar-refractivity contribution < 1.29 is 24.6 Å². The third kappa shape index (κ3) is 1.95. The largest absolute Gasteiger partial charge is 0.506 e. The lowest BCUT2D eigenvalue weighted by Gasteiger charge is -2.26. The SMILES string of the molecule is C[C@]1(O)CC(=O)c2ccc3c(c2O)C(=O)c2ccc(cc2C3=O)C1. The molecular formula is C19H14O5. The number of Topliss-reactive ketones (excluding diaryl/α,β-unsaturated/α-hetero) is 1. The van der Waals surface area contributed by atoms with E-state index in [0.717, 1.165) is 0 Å². The highest BCUT2D eigenvalue weighted by molar-refractivity contribution is 6.30. The molecule has 0 saturated heterocycles. The van der Waals surface area contributed by atoms with Crippen LogP contribution in [-0.2, 0) is 6.42 Å². The standard InChI is InChI=1S/C19H14O5/c1-19(24)7-9-2-3-10-13(6-9)16(21)12-5-4-11(14(20)8-19)18(23)15(12)17(10)22/h2-6,23-24H,7-8H2,1H3/t19-/m1/s1. The molecule has 6 rings (SSSR count). The Bertz CT molecular complexity index is 952. The first kappa shape index (κ1) is 14.8. The van der Waals surface area contributed by atoms with Gasteiger partial charge in [-0.15, -0.1) is 0 Å². The summed E-state index contributed by atoms with van der Waals surface area (Å²) in [6.45, 7) is 1.54. The Balaban J connectivity index is 2.11. The minimum absolute atomic E-state index is 0.0476. The van der Waals surface area contributed by atoms with Gasteiger partial charge < -0.3 is 10.2 Å². The summed E-state index contributed by atoms with van der Waals surface area (Å²) in [5.41, 5.74) is -0.260. The zero-order valence-corrected chi connectivity index (χ0v) is 12.9. The molecule has 0 radical (unpaired) electrons. The maximum Gasteiger partial charge on any atom is 0.198 e. The average molecular weight is 322 g/mol. The Morgan fingerprint density at radius 3 is 2.29 bits per heavy atom. The number of aromatic hydroxyl groups is 1. The molecule has 5 nitrogen and oxygen atoms in total. The first-order chi connectivity index (χ1) is 11.3. The van der Waals surface area contributed by atoms with Crippen LogP contribution in [0.1, 0.15) is 61.1 Å². The molecule has 1 atom stereocenters. The molecule has 2 N–H and O–H groups in total. The number of benzene rings is 2. The smallest absolute Gasteiger partial charge is 0.198 e. The van der Waals surface area contributed by atoms with Crippen LogP contribution in [0.3, 0.4) is 0 Å². The summed E-state index contributed by atoms with van der Waals surface area (Å²) in [4.78, 5) is 37.9. The van der Waals surface area contributed by atoms with Crippen molar-refractivity contribution in [3.8, 4) is 5.75 Å². The normalized spacial score (nSPS) is 22.0. The summed E-state index contributed by atoms with van der Waals surface area (Å²) in [7, 11) is 0. The molecule has 0 saturated carbocycles. The topological polar surface area (TPSA) is 91.7 Å². The van der Waals surface area contributed by atoms with Gasteiger partial charge in [-0.2, -0.15) is 0 Å². The van der Waals surface area contributed by atoms with Gasteiger partial charge in [0.05, 0.1) is 16.7 Å². The molecule has 2 aromatic rings. The molecule has 6 bridgehead atoms. The zero-order valence-electron chi connectivity index (χ0n) is 12.9. The Morgan fingerprint density at radius 1 is 0.875 bits per heavy atom. The van der Waals surface area contributed by atoms with Gasteiger partial charge >= 0.3 is 0 Å². The molecule has 0 spiro atoms. The molecule has 0 aliphatic heterocycles.